The number of benzene rings is 1. The zero-order valence-corrected chi connectivity index (χ0v) is 15.6. The molecule has 0 radical (unpaired) electrons. The Morgan fingerprint density at radius 2 is 1.43 bits per heavy atom. The van der Waals surface area contributed by atoms with Crippen molar-refractivity contribution in [2.45, 2.75) is 63.2 Å². The summed E-state index contributed by atoms with van der Waals surface area (Å²) in [6.07, 6.45) is 10.1. The maximum Gasteiger partial charge on any atom is 0.203 e. The Bertz CT molecular complexity index is 435. The molecule has 2 nitrogen and oxygen atoms in total. The van der Waals surface area contributed by atoms with Crippen molar-refractivity contribution < 1.29 is 9.79 Å². The molecular formula is C16H29O2PS2. The van der Waals surface area contributed by atoms with Crippen molar-refractivity contribution in [3.63, 3.8) is 0 Å². The molecule has 0 aliphatic heterocycles. The van der Waals surface area contributed by atoms with Crippen molar-refractivity contribution in [3.05, 3.63) is 30.3 Å². The van der Waals surface area contributed by atoms with Gasteiger partial charge in [-0.05, 0) is 24.3 Å². The van der Waals surface area contributed by atoms with Gasteiger partial charge in [-0.15, -0.1) is 10.1 Å². The Morgan fingerprint density at radius 3 is 1.95 bits per heavy atom. The highest BCUT2D eigenvalue weighted by atomic mass is 32.9. The molecule has 21 heavy (non-hydrogen) atoms. The van der Waals surface area contributed by atoms with Crippen LogP contribution >= 0.6 is 17.9 Å². The average molecular weight is 349 g/mol. The van der Waals surface area contributed by atoms with E-state index in [2.05, 4.69) is 19.2 Å². The van der Waals surface area contributed by atoms with E-state index in [0.717, 1.165) is 17.1 Å². The first kappa shape index (κ1) is 19.3. The molecule has 1 atom stereocenters. The van der Waals surface area contributed by atoms with E-state index >= 15 is 0 Å². The number of hydrogen-bond acceptors (Lipinski definition) is 0. The van der Waals surface area contributed by atoms with E-state index in [-0.39, 0.29) is 0 Å². The third-order valence-electron chi connectivity index (χ3n) is 3.50. The molecule has 0 spiro atoms. The maximum atomic E-state index is 9.97. The molecule has 0 amide bonds. The molecule has 0 aromatic heterocycles. The summed E-state index contributed by atoms with van der Waals surface area (Å²) >= 11 is 4.08. The lowest BCUT2D eigenvalue weighted by Crippen LogP contribution is -2.00. The van der Waals surface area contributed by atoms with Gasteiger partial charge < -0.3 is 9.79 Å². The van der Waals surface area contributed by atoms with E-state index in [1.807, 2.05) is 30.3 Å². The second-order valence-electron chi connectivity index (χ2n) is 5.37. The van der Waals surface area contributed by atoms with Crippen LogP contribution in [0.25, 0.3) is 0 Å². The Kier molecular flexibility index (Phi) is 10.0. The van der Waals surface area contributed by atoms with E-state index < -0.39 is 15.8 Å². The van der Waals surface area contributed by atoms with E-state index in [0.29, 0.717) is 0 Å². The SMILES string of the molecule is CCCCCCCCCCS(c1ccccc1)=P(O)(O)S. The lowest BCUT2D eigenvalue weighted by molar-refractivity contribution is 0.502. The Labute approximate surface area is 137 Å². The van der Waals surface area contributed by atoms with Gasteiger partial charge in [0.05, 0.1) is 0 Å². The van der Waals surface area contributed by atoms with Gasteiger partial charge in [-0.3, -0.25) is 0 Å². The summed E-state index contributed by atoms with van der Waals surface area (Å²) in [6, 6.07) is 9.81. The third-order valence-corrected chi connectivity index (χ3v) is 10.3. The summed E-state index contributed by atoms with van der Waals surface area (Å²) in [5.41, 5.74) is -3.10. The van der Waals surface area contributed by atoms with Crippen LogP contribution in [0.5, 0.6) is 0 Å². The molecule has 0 fully saturated rings. The van der Waals surface area contributed by atoms with Gasteiger partial charge in [0, 0.05) is 4.90 Å². The zero-order valence-electron chi connectivity index (χ0n) is 12.9. The van der Waals surface area contributed by atoms with Gasteiger partial charge in [-0.25, -0.2) is 0 Å². The molecule has 0 bridgehead atoms. The summed E-state index contributed by atoms with van der Waals surface area (Å²) in [6.45, 7) is 2.24. The number of thiol groups is 1. The number of unbranched alkanes of at least 4 members (excludes halogenated alkanes) is 7. The van der Waals surface area contributed by atoms with E-state index in [1.165, 1.54) is 44.9 Å². The monoisotopic (exact) mass is 348 g/mol. The fraction of sp³-hybridized carbons (Fsp3) is 0.625. The van der Waals surface area contributed by atoms with Crippen molar-refractivity contribution in [1.29, 1.82) is 0 Å². The molecule has 5 heteroatoms. The van der Waals surface area contributed by atoms with Crippen molar-refractivity contribution >= 4 is 28.0 Å². The first-order valence-electron chi connectivity index (χ1n) is 7.89. The van der Waals surface area contributed by atoms with E-state index in [4.69, 9.17) is 0 Å². The highest BCUT2D eigenvalue weighted by Crippen LogP contribution is 2.49. The van der Waals surface area contributed by atoms with Gasteiger partial charge in [0.15, 0.2) is 0 Å². The predicted molar refractivity (Wildman–Crippen MR) is 99.9 cm³/mol. The Hall–Kier alpha value is 0.270. The Balaban J connectivity index is 2.37. The number of rotatable bonds is 10. The first-order chi connectivity index (χ1) is 10.1. The van der Waals surface area contributed by atoms with E-state index in [1.54, 1.807) is 0 Å². The highest BCUT2D eigenvalue weighted by Gasteiger charge is 2.12. The van der Waals surface area contributed by atoms with Crippen LogP contribution in [0.4, 0.5) is 0 Å². The molecule has 0 heterocycles. The smallest absolute Gasteiger partial charge is 0.203 e. The van der Waals surface area contributed by atoms with Crippen LogP contribution in [0.15, 0.2) is 35.2 Å². The normalized spacial score (nSPS) is 13.3. The third kappa shape index (κ3) is 8.47. The fourth-order valence-corrected chi connectivity index (χ4v) is 7.96. The van der Waals surface area contributed by atoms with Gasteiger partial charge in [0.1, 0.15) is 0 Å². The average Bonchev–Trinajstić information content (AvgIpc) is 2.45. The molecule has 0 saturated carbocycles. The van der Waals surface area contributed by atoms with Gasteiger partial charge in [-0.1, -0.05) is 82.3 Å². The molecule has 1 unspecified atom stereocenters. The zero-order chi connectivity index (χ0) is 15.6. The minimum Gasteiger partial charge on any atom is -0.341 e. The second kappa shape index (κ2) is 10.9. The lowest BCUT2D eigenvalue weighted by Gasteiger charge is -2.16. The van der Waals surface area contributed by atoms with Crippen LogP contribution in [-0.4, -0.2) is 15.5 Å². The molecule has 0 aliphatic carbocycles. The minimum absolute atomic E-state index is 0.529. The molecule has 1 rings (SSSR count). The summed E-state index contributed by atoms with van der Waals surface area (Å²) in [5.74, 6) is 0.837. The summed E-state index contributed by atoms with van der Waals surface area (Å²) < 4.78 is 0. The number of hydrogen-bond donors (Lipinski definition) is 3. The van der Waals surface area contributed by atoms with Crippen molar-refractivity contribution in [2.75, 3.05) is 5.75 Å². The maximum absolute atomic E-state index is 9.97. The van der Waals surface area contributed by atoms with E-state index in [9.17, 15) is 9.79 Å². The van der Waals surface area contributed by atoms with Crippen LogP contribution in [0, 0.1) is 0 Å². The van der Waals surface area contributed by atoms with Crippen molar-refractivity contribution in [2.24, 2.45) is 0 Å². The summed E-state index contributed by atoms with van der Waals surface area (Å²) in [5, 5.41) is 0. The second-order valence-corrected chi connectivity index (χ2v) is 13.3. The lowest BCUT2D eigenvalue weighted by atomic mass is 10.1. The van der Waals surface area contributed by atoms with Crippen molar-refractivity contribution in [3.8, 4) is 0 Å². The largest absolute Gasteiger partial charge is 0.341 e. The summed E-state index contributed by atoms with van der Waals surface area (Å²) in [7, 11) is -0.529. The molecule has 122 valence electrons. The van der Waals surface area contributed by atoms with Gasteiger partial charge in [-0.2, -0.15) is 0 Å². The van der Waals surface area contributed by atoms with Crippen LogP contribution in [0.3, 0.4) is 0 Å². The van der Waals surface area contributed by atoms with Crippen molar-refractivity contribution in [1.82, 2.24) is 0 Å². The predicted octanol–water partition coefficient (Wildman–Crippen LogP) is 5.40. The quantitative estimate of drug-likeness (QED) is 0.301. The van der Waals surface area contributed by atoms with Crippen LogP contribution in [-0.2, 0) is 10.1 Å². The molecule has 0 saturated heterocycles. The molecular weight excluding hydrogens is 319 g/mol. The highest BCUT2D eigenvalue weighted by molar-refractivity contribution is 8.65. The first-order valence-corrected chi connectivity index (χ1v) is 12.7. The van der Waals surface area contributed by atoms with Crippen LogP contribution < -0.4 is 0 Å². The molecule has 1 aromatic rings. The van der Waals surface area contributed by atoms with Gasteiger partial charge >= 0.3 is 0 Å². The summed E-state index contributed by atoms with van der Waals surface area (Å²) in [4.78, 5) is 21.0. The Morgan fingerprint density at radius 1 is 0.905 bits per heavy atom. The minimum atomic E-state index is -3.10. The van der Waals surface area contributed by atoms with Crippen LogP contribution in [0.1, 0.15) is 58.3 Å². The standard InChI is InChI=1S/C16H29O2PS2/c1-2-3-4-5-6-7-8-12-15-21(19(17,18)20)16-13-10-9-11-14-16/h9-11,13-14,17-18,20H,2-8,12,15H2,1H3. The van der Waals surface area contributed by atoms with Gasteiger partial charge in [0.2, 0.25) is 5.69 Å². The molecule has 2 N–H and O–H groups in total. The fourth-order valence-electron chi connectivity index (χ4n) is 2.33. The molecule has 0 aliphatic rings. The molecule has 1 aromatic carbocycles. The van der Waals surface area contributed by atoms with Gasteiger partial charge in [0.25, 0.3) is 0 Å². The van der Waals surface area contributed by atoms with Crippen LogP contribution in [0.2, 0.25) is 0 Å². The topological polar surface area (TPSA) is 40.5 Å².